The Morgan fingerprint density at radius 2 is 1.80 bits per heavy atom. The highest BCUT2D eigenvalue weighted by atomic mass is 79.9. The number of aromatic nitrogens is 4. The first kappa shape index (κ1) is 20.3. The number of carbonyl (C=O) groups is 1. The number of amides is 1. The van der Waals surface area contributed by atoms with Gasteiger partial charge in [-0.05, 0) is 52.4 Å². The van der Waals surface area contributed by atoms with Gasteiger partial charge < -0.3 is 5.32 Å². The molecule has 1 amide bonds. The lowest BCUT2D eigenvalue weighted by Gasteiger charge is -2.10. The Labute approximate surface area is 186 Å². The predicted molar refractivity (Wildman–Crippen MR) is 120 cm³/mol. The highest BCUT2D eigenvalue weighted by Crippen LogP contribution is 2.26. The number of carbonyl (C=O) groups excluding carboxylic acids is 1. The third-order valence-electron chi connectivity index (χ3n) is 4.37. The van der Waals surface area contributed by atoms with E-state index in [1.165, 1.54) is 11.8 Å². The number of hydrogen-bond acceptors (Lipinski definition) is 5. The lowest BCUT2D eigenvalue weighted by molar-refractivity contribution is 0.0948. The van der Waals surface area contributed by atoms with Crippen molar-refractivity contribution in [2.45, 2.75) is 17.2 Å². The molecule has 1 aromatic heterocycles. The maximum Gasteiger partial charge on any atom is 0.252 e. The van der Waals surface area contributed by atoms with Crippen molar-refractivity contribution in [2.75, 3.05) is 0 Å². The molecule has 0 unspecified atom stereocenters. The summed E-state index contributed by atoms with van der Waals surface area (Å²) in [5, 5.41) is 15.0. The molecular formula is C22H18BrN5OS. The second-order valence-corrected chi connectivity index (χ2v) is 8.37. The molecule has 0 bridgehead atoms. The number of halogens is 1. The van der Waals surface area contributed by atoms with E-state index in [1.54, 1.807) is 4.68 Å². The molecule has 0 aliphatic carbocycles. The zero-order chi connectivity index (χ0) is 20.8. The summed E-state index contributed by atoms with van der Waals surface area (Å²) in [4.78, 5) is 13.7. The van der Waals surface area contributed by atoms with Gasteiger partial charge in [0.05, 0.1) is 17.0 Å². The Morgan fingerprint density at radius 3 is 2.63 bits per heavy atom. The first-order valence-electron chi connectivity index (χ1n) is 9.28. The molecule has 4 rings (SSSR count). The molecule has 3 aromatic carbocycles. The topological polar surface area (TPSA) is 72.7 Å². The second kappa shape index (κ2) is 9.69. The van der Waals surface area contributed by atoms with Gasteiger partial charge in [0, 0.05) is 15.9 Å². The largest absolute Gasteiger partial charge is 0.348 e. The van der Waals surface area contributed by atoms with Crippen LogP contribution < -0.4 is 5.32 Å². The maximum atomic E-state index is 12.8. The fourth-order valence-corrected chi connectivity index (χ4v) is 4.31. The Bertz CT molecular complexity index is 1150. The maximum absolute atomic E-state index is 12.8. The third-order valence-corrected chi connectivity index (χ3v) is 5.93. The third kappa shape index (κ3) is 4.95. The molecule has 0 spiro atoms. The van der Waals surface area contributed by atoms with Crippen molar-refractivity contribution >= 4 is 33.6 Å². The standard InChI is InChI=1S/C22H18BrN5OS/c23-17-8-6-7-16(13-17)14-24-22(29)19-11-4-5-12-20(19)30-15-21-25-26-27-28(21)18-9-2-1-3-10-18/h1-13H,14-15H2,(H,24,29). The molecule has 0 saturated heterocycles. The molecule has 0 saturated carbocycles. The van der Waals surface area contributed by atoms with E-state index in [4.69, 9.17) is 0 Å². The molecule has 1 heterocycles. The van der Waals surface area contributed by atoms with Crippen LogP contribution in [0.4, 0.5) is 0 Å². The van der Waals surface area contributed by atoms with Crippen molar-refractivity contribution in [3.8, 4) is 5.69 Å². The summed E-state index contributed by atoms with van der Waals surface area (Å²) >= 11 is 4.99. The highest BCUT2D eigenvalue weighted by Gasteiger charge is 2.14. The number of benzene rings is 3. The smallest absolute Gasteiger partial charge is 0.252 e. The Hall–Kier alpha value is -2.97. The van der Waals surface area contributed by atoms with Crippen molar-refractivity contribution in [1.29, 1.82) is 0 Å². The number of nitrogens with zero attached hydrogens (tertiary/aromatic N) is 4. The van der Waals surface area contributed by atoms with Gasteiger partial charge in [0.2, 0.25) is 0 Å². The number of tetrazole rings is 1. The molecule has 8 heteroatoms. The zero-order valence-corrected chi connectivity index (χ0v) is 18.3. The van der Waals surface area contributed by atoms with Gasteiger partial charge in [-0.15, -0.1) is 16.9 Å². The Balaban J connectivity index is 1.45. The molecular weight excluding hydrogens is 462 g/mol. The van der Waals surface area contributed by atoms with Crippen molar-refractivity contribution in [1.82, 2.24) is 25.5 Å². The number of para-hydroxylation sites is 1. The van der Waals surface area contributed by atoms with Crippen LogP contribution in [0.2, 0.25) is 0 Å². The Morgan fingerprint density at radius 1 is 1.00 bits per heavy atom. The van der Waals surface area contributed by atoms with E-state index in [0.717, 1.165) is 26.4 Å². The van der Waals surface area contributed by atoms with Crippen LogP contribution in [0.3, 0.4) is 0 Å². The quantitative estimate of drug-likeness (QED) is 0.390. The van der Waals surface area contributed by atoms with Crippen LogP contribution in [0, 0.1) is 0 Å². The summed E-state index contributed by atoms with van der Waals surface area (Å²) in [7, 11) is 0. The van der Waals surface area contributed by atoms with Gasteiger partial charge in [0.1, 0.15) is 0 Å². The van der Waals surface area contributed by atoms with Crippen molar-refractivity contribution in [2.24, 2.45) is 0 Å². The van der Waals surface area contributed by atoms with Crippen LogP contribution in [-0.2, 0) is 12.3 Å². The van der Waals surface area contributed by atoms with Gasteiger partial charge in [0.25, 0.3) is 5.91 Å². The van der Waals surface area contributed by atoms with Gasteiger partial charge in [-0.3, -0.25) is 4.79 Å². The molecule has 150 valence electrons. The summed E-state index contributed by atoms with van der Waals surface area (Å²) in [6.07, 6.45) is 0. The highest BCUT2D eigenvalue weighted by molar-refractivity contribution is 9.10. The van der Waals surface area contributed by atoms with Crippen molar-refractivity contribution < 1.29 is 4.79 Å². The first-order valence-corrected chi connectivity index (χ1v) is 11.1. The van der Waals surface area contributed by atoms with Gasteiger partial charge in [-0.1, -0.05) is 58.4 Å². The van der Waals surface area contributed by atoms with Crippen LogP contribution in [-0.4, -0.2) is 26.1 Å². The average molecular weight is 480 g/mol. The minimum atomic E-state index is -0.110. The second-order valence-electron chi connectivity index (χ2n) is 6.44. The SMILES string of the molecule is O=C(NCc1cccc(Br)c1)c1ccccc1SCc1nnnn1-c1ccccc1. The summed E-state index contributed by atoms with van der Waals surface area (Å²) in [6, 6.07) is 25.2. The van der Waals surface area contributed by atoms with E-state index in [0.29, 0.717) is 17.9 Å². The molecule has 0 fully saturated rings. The van der Waals surface area contributed by atoms with Gasteiger partial charge in [0.15, 0.2) is 5.82 Å². The van der Waals surface area contributed by atoms with E-state index in [1.807, 2.05) is 78.9 Å². The molecule has 0 aliphatic heterocycles. The van der Waals surface area contributed by atoms with Crippen molar-refractivity contribution in [3.05, 3.63) is 100 Å². The number of hydrogen-bond donors (Lipinski definition) is 1. The van der Waals surface area contributed by atoms with E-state index in [-0.39, 0.29) is 5.91 Å². The molecule has 4 aromatic rings. The van der Waals surface area contributed by atoms with E-state index >= 15 is 0 Å². The fourth-order valence-electron chi connectivity index (χ4n) is 2.91. The minimum absolute atomic E-state index is 0.110. The first-order chi connectivity index (χ1) is 14.7. The zero-order valence-electron chi connectivity index (χ0n) is 15.9. The van der Waals surface area contributed by atoms with E-state index in [9.17, 15) is 4.79 Å². The average Bonchev–Trinajstić information content (AvgIpc) is 3.25. The van der Waals surface area contributed by atoms with Crippen LogP contribution in [0.25, 0.3) is 5.69 Å². The molecule has 0 atom stereocenters. The lowest BCUT2D eigenvalue weighted by Crippen LogP contribution is -2.23. The molecule has 1 N–H and O–H groups in total. The number of nitrogens with one attached hydrogen (secondary N) is 1. The van der Waals surface area contributed by atoms with Gasteiger partial charge in [-0.2, -0.15) is 4.68 Å². The van der Waals surface area contributed by atoms with Crippen LogP contribution in [0.15, 0.2) is 88.2 Å². The number of rotatable bonds is 7. The molecule has 0 radical (unpaired) electrons. The van der Waals surface area contributed by atoms with E-state index in [2.05, 4.69) is 36.8 Å². The van der Waals surface area contributed by atoms with E-state index < -0.39 is 0 Å². The number of thioether (sulfide) groups is 1. The molecule has 6 nitrogen and oxygen atoms in total. The predicted octanol–water partition coefficient (Wildman–Crippen LogP) is 4.65. The summed E-state index contributed by atoms with van der Waals surface area (Å²) < 4.78 is 2.70. The summed E-state index contributed by atoms with van der Waals surface area (Å²) in [5.74, 6) is 1.15. The van der Waals surface area contributed by atoms with Gasteiger partial charge in [-0.25, -0.2) is 0 Å². The summed E-state index contributed by atoms with van der Waals surface area (Å²) in [5.41, 5.74) is 2.57. The molecule has 0 aliphatic rings. The summed E-state index contributed by atoms with van der Waals surface area (Å²) in [6.45, 7) is 0.462. The monoisotopic (exact) mass is 479 g/mol. The van der Waals surface area contributed by atoms with Crippen LogP contribution in [0.5, 0.6) is 0 Å². The Kier molecular flexibility index (Phi) is 6.56. The van der Waals surface area contributed by atoms with Crippen LogP contribution in [0.1, 0.15) is 21.7 Å². The van der Waals surface area contributed by atoms with Crippen molar-refractivity contribution in [3.63, 3.8) is 0 Å². The lowest BCUT2D eigenvalue weighted by atomic mass is 10.2. The van der Waals surface area contributed by atoms with Gasteiger partial charge >= 0.3 is 0 Å². The minimum Gasteiger partial charge on any atom is -0.348 e. The fraction of sp³-hybridized carbons (Fsp3) is 0.0909. The van der Waals surface area contributed by atoms with Crippen LogP contribution >= 0.6 is 27.7 Å². The molecule has 30 heavy (non-hydrogen) atoms. The normalized spacial score (nSPS) is 10.7.